The van der Waals surface area contributed by atoms with E-state index in [0.29, 0.717) is 5.69 Å². The van der Waals surface area contributed by atoms with Gasteiger partial charge in [0, 0.05) is 29.7 Å². The Bertz CT molecular complexity index is 971. The van der Waals surface area contributed by atoms with Gasteiger partial charge in [-0.2, -0.15) is 0 Å². The molecule has 3 rings (SSSR count). The first-order valence-electron chi connectivity index (χ1n) is 8.03. The van der Waals surface area contributed by atoms with Gasteiger partial charge in [-0.05, 0) is 44.0 Å². The predicted molar refractivity (Wildman–Crippen MR) is 98.8 cm³/mol. The van der Waals surface area contributed by atoms with Crippen LogP contribution in [0.3, 0.4) is 0 Å². The van der Waals surface area contributed by atoms with Crippen LogP contribution < -0.4 is 5.32 Å². The van der Waals surface area contributed by atoms with Crippen molar-refractivity contribution in [2.24, 2.45) is 0 Å². The molecule has 0 aliphatic rings. The molecule has 2 aromatic carbocycles. The second-order valence-electron chi connectivity index (χ2n) is 6.16. The lowest BCUT2D eigenvalue weighted by molar-refractivity contribution is -0.384. The number of carbonyl (C=O) groups is 1. The van der Waals surface area contributed by atoms with Gasteiger partial charge in [0.1, 0.15) is 5.69 Å². The Morgan fingerprint density at radius 3 is 2.42 bits per heavy atom. The molecule has 0 radical (unpaired) electrons. The fourth-order valence-electron chi connectivity index (χ4n) is 2.99. The summed E-state index contributed by atoms with van der Waals surface area (Å²) in [6.45, 7) is 5.82. The molecule has 0 atom stereocenters. The van der Waals surface area contributed by atoms with Crippen LogP contribution in [0.1, 0.15) is 27.0 Å². The highest BCUT2D eigenvalue weighted by Crippen LogP contribution is 2.26. The van der Waals surface area contributed by atoms with Gasteiger partial charge in [0.2, 0.25) is 0 Å². The van der Waals surface area contributed by atoms with Crippen molar-refractivity contribution in [1.29, 1.82) is 0 Å². The van der Waals surface area contributed by atoms with Crippen molar-refractivity contribution in [1.82, 2.24) is 9.55 Å². The van der Waals surface area contributed by atoms with E-state index >= 15 is 0 Å². The van der Waals surface area contributed by atoms with Gasteiger partial charge >= 0.3 is 0 Å². The summed E-state index contributed by atoms with van der Waals surface area (Å²) in [5.74, 6) is -0.389. The lowest BCUT2D eigenvalue weighted by Gasteiger charge is -2.13. The smallest absolute Gasteiger partial charge is 0.294 e. The summed E-state index contributed by atoms with van der Waals surface area (Å²) in [4.78, 5) is 27.5. The van der Waals surface area contributed by atoms with Gasteiger partial charge in [0.15, 0.2) is 0 Å². The van der Waals surface area contributed by atoms with Crippen LogP contribution in [0.25, 0.3) is 5.69 Å². The number of hydrogen-bond acceptors (Lipinski definition) is 4. The molecule has 1 aromatic heterocycles. The van der Waals surface area contributed by atoms with Crippen LogP contribution in [-0.2, 0) is 0 Å². The Hall–Kier alpha value is -3.48. The number of nitrogens with zero attached hydrogens (tertiary/aromatic N) is 3. The van der Waals surface area contributed by atoms with E-state index in [1.807, 2.05) is 32.9 Å². The Balaban J connectivity index is 1.96. The summed E-state index contributed by atoms with van der Waals surface area (Å²) in [5.41, 5.74) is 4.14. The SMILES string of the molecule is Cc1cc(C)c(NC(=O)c2ccc(-n3ccnc3)c([N+](=O)[O-])c2)c(C)c1. The molecule has 132 valence electrons. The Morgan fingerprint density at radius 1 is 1.15 bits per heavy atom. The summed E-state index contributed by atoms with van der Waals surface area (Å²) < 4.78 is 1.54. The summed E-state index contributed by atoms with van der Waals surface area (Å²) in [6, 6.07) is 8.35. The van der Waals surface area contributed by atoms with Crippen LogP contribution in [0.2, 0.25) is 0 Å². The summed E-state index contributed by atoms with van der Waals surface area (Å²) >= 11 is 0. The number of rotatable bonds is 4. The molecule has 0 aliphatic heterocycles. The lowest BCUT2D eigenvalue weighted by atomic mass is 10.0. The summed E-state index contributed by atoms with van der Waals surface area (Å²) in [7, 11) is 0. The zero-order chi connectivity index (χ0) is 18.8. The average Bonchev–Trinajstić information content (AvgIpc) is 3.11. The number of aryl methyl sites for hydroxylation is 3. The van der Waals surface area contributed by atoms with Crippen LogP contribution in [0.4, 0.5) is 11.4 Å². The van der Waals surface area contributed by atoms with Crippen LogP contribution >= 0.6 is 0 Å². The first kappa shape index (κ1) is 17.3. The van der Waals surface area contributed by atoms with Gasteiger partial charge in [0.05, 0.1) is 11.3 Å². The van der Waals surface area contributed by atoms with E-state index in [1.54, 1.807) is 18.3 Å². The quantitative estimate of drug-likeness (QED) is 0.570. The third kappa shape index (κ3) is 3.32. The fourth-order valence-corrected chi connectivity index (χ4v) is 2.99. The third-order valence-electron chi connectivity index (χ3n) is 4.13. The minimum absolute atomic E-state index is 0.159. The largest absolute Gasteiger partial charge is 0.321 e. The molecule has 3 aromatic rings. The molecule has 0 spiro atoms. The predicted octanol–water partition coefficient (Wildman–Crippen LogP) is 3.96. The van der Waals surface area contributed by atoms with Crippen molar-refractivity contribution in [3.63, 3.8) is 0 Å². The van der Waals surface area contributed by atoms with Gasteiger partial charge in [-0.1, -0.05) is 17.7 Å². The molecule has 7 heteroatoms. The number of aromatic nitrogens is 2. The van der Waals surface area contributed by atoms with Crippen molar-refractivity contribution in [3.05, 3.63) is 81.4 Å². The second kappa shape index (κ2) is 6.79. The molecule has 1 amide bonds. The third-order valence-corrected chi connectivity index (χ3v) is 4.13. The number of nitrogens with one attached hydrogen (secondary N) is 1. The first-order valence-corrected chi connectivity index (χ1v) is 8.03. The normalized spacial score (nSPS) is 10.6. The number of imidazole rings is 1. The Morgan fingerprint density at radius 2 is 1.85 bits per heavy atom. The molecule has 0 unspecified atom stereocenters. The fraction of sp³-hybridized carbons (Fsp3) is 0.158. The van der Waals surface area contributed by atoms with Crippen LogP contribution in [0.15, 0.2) is 49.1 Å². The van der Waals surface area contributed by atoms with E-state index in [2.05, 4.69) is 10.3 Å². The Kier molecular flexibility index (Phi) is 4.53. The van der Waals surface area contributed by atoms with Gasteiger partial charge in [-0.15, -0.1) is 0 Å². The molecule has 1 heterocycles. The Labute approximate surface area is 150 Å². The van der Waals surface area contributed by atoms with Crippen molar-refractivity contribution < 1.29 is 9.72 Å². The zero-order valence-electron chi connectivity index (χ0n) is 14.7. The van der Waals surface area contributed by atoms with E-state index in [0.717, 1.165) is 22.4 Å². The number of anilines is 1. The van der Waals surface area contributed by atoms with E-state index in [9.17, 15) is 14.9 Å². The summed E-state index contributed by atoms with van der Waals surface area (Å²) in [5, 5.41) is 14.3. The number of benzene rings is 2. The van der Waals surface area contributed by atoms with Crippen molar-refractivity contribution in [3.8, 4) is 5.69 Å². The highest BCUT2D eigenvalue weighted by molar-refractivity contribution is 6.05. The van der Waals surface area contributed by atoms with Crippen LogP contribution in [0.5, 0.6) is 0 Å². The zero-order valence-corrected chi connectivity index (χ0v) is 14.7. The topological polar surface area (TPSA) is 90.1 Å². The van der Waals surface area contributed by atoms with E-state index in [4.69, 9.17) is 0 Å². The molecule has 0 saturated heterocycles. The molecular weight excluding hydrogens is 332 g/mol. The number of nitro groups is 1. The van der Waals surface area contributed by atoms with E-state index in [1.165, 1.54) is 23.2 Å². The second-order valence-corrected chi connectivity index (χ2v) is 6.16. The highest BCUT2D eigenvalue weighted by Gasteiger charge is 2.19. The van der Waals surface area contributed by atoms with Gasteiger partial charge in [-0.25, -0.2) is 4.98 Å². The molecule has 0 saturated carbocycles. The van der Waals surface area contributed by atoms with Gasteiger partial charge in [-0.3, -0.25) is 14.9 Å². The average molecular weight is 350 g/mol. The maximum atomic E-state index is 12.6. The lowest BCUT2D eigenvalue weighted by Crippen LogP contribution is -2.14. The maximum absolute atomic E-state index is 12.6. The molecular formula is C19H18N4O3. The summed E-state index contributed by atoms with van der Waals surface area (Å²) in [6.07, 6.45) is 4.62. The number of amides is 1. The number of carbonyl (C=O) groups excluding carboxylic acids is 1. The number of hydrogen-bond donors (Lipinski definition) is 1. The molecule has 0 bridgehead atoms. The molecule has 0 fully saturated rings. The van der Waals surface area contributed by atoms with E-state index < -0.39 is 4.92 Å². The number of nitro benzene ring substituents is 1. The van der Waals surface area contributed by atoms with E-state index in [-0.39, 0.29) is 17.2 Å². The first-order chi connectivity index (χ1) is 12.4. The highest BCUT2D eigenvalue weighted by atomic mass is 16.6. The van der Waals surface area contributed by atoms with Crippen LogP contribution in [-0.4, -0.2) is 20.4 Å². The molecule has 26 heavy (non-hydrogen) atoms. The van der Waals surface area contributed by atoms with Gasteiger partial charge in [0.25, 0.3) is 11.6 Å². The maximum Gasteiger partial charge on any atom is 0.294 e. The van der Waals surface area contributed by atoms with Crippen LogP contribution in [0, 0.1) is 30.9 Å². The standard InChI is InChI=1S/C19H18N4O3/c1-12-8-13(2)18(14(3)9-12)21-19(24)15-4-5-16(17(10-15)23(25)26)22-7-6-20-11-22/h4-11H,1-3H3,(H,21,24). The van der Waals surface area contributed by atoms with Crippen molar-refractivity contribution in [2.45, 2.75) is 20.8 Å². The molecule has 0 aliphatic carbocycles. The minimum Gasteiger partial charge on any atom is -0.321 e. The molecule has 7 nitrogen and oxygen atoms in total. The molecule has 1 N–H and O–H groups in total. The van der Waals surface area contributed by atoms with Crippen molar-refractivity contribution >= 4 is 17.3 Å². The van der Waals surface area contributed by atoms with Gasteiger partial charge < -0.3 is 9.88 Å². The monoisotopic (exact) mass is 350 g/mol. The van der Waals surface area contributed by atoms with Crippen molar-refractivity contribution in [2.75, 3.05) is 5.32 Å². The minimum atomic E-state index is -0.505.